The van der Waals surface area contributed by atoms with Gasteiger partial charge in [-0.15, -0.1) is 0 Å². The van der Waals surface area contributed by atoms with E-state index in [4.69, 9.17) is 7.61 Å². The molecule has 0 aromatic heterocycles. The maximum absolute atomic E-state index is 8.28. The summed E-state index contributed by atoms with van der Waals surface area (Å²) in [6, 6.07) is 0. The fourth-order valence-electron chi connectivity index (χ4n) is 0. The molecule has 0 spiro atoms. The molecule has 0 amide bonds. The van der Waals surface area contributed by atoms with Crippen molar-refractivity contribution >= 4 is 32.4 Å². The van der Waals surface area contributed by atoms with Crippen molar-refractivity contribution in [1.29, 1.82) is 0 Å². The molecule has 0 aliphatic rings. The number of hydrogen-bond acceptors (Lipinski definition) is 2. The zero-order chi connectivity index (χ0) is 4.00. The Hall–Kier alpha value is 0.665. The van der Waals surface area contributed by atoms with Gasteiger partial charge < -0.3 is 0 Å². The first-order chi connectivity index (χ1) is 2.00. The summed E-state index contributed by atoms with van der Waals surface area (Å²) < 4.78 is 16.6. The fourth-order valence-corrected chi connectivity index (χ4v) is 0. The summed E-state index contributed by atoms with van der Waals surface area (Å²) in [6.07, 6.45) is 0. The Morgan fingerprint density at radius 2 is 1.00 bits per heavy atom. The summed E-state index contributed by atoms with van der Waals surface area (Å²) >= 11 is 1.22. The molecule has 0 rings (SSSR count). The van der Waals surface area contributed by atoms with Crippen molar-refractivity contribution in [3.8, 4) is 0 Å². The van der Waals surface area contributed by atoms with E-state index < -0.39 is 0 Å². The van der Waals surface area contributed by atoms with Gasteiger partial charge in [0.1, 0.15) is 0 Å². The van der Waals surface area contributed by atoms with Crippen LogP contribution in [0.3, 0.4) is 0 Å². The van der Waals surface area contributed by atoms with E-state index in [1.807, 2.05) is 0 Å². The summed E-state index contributed by atoms with van der Waals surface area (Å²) in [5.41, 5.74) is 0. The molecule has 0 saturated heterocycles. The monoisotopic (exact) mass is 89.0 g/mol. The molecule has 0 radical (unpaired) electrons. The van der Waals surface area contributed by atoms with Crippen LogP contribution in [0.25, 0.3) is 0 Å². The predicted octanol–water partition coefficient (Wildman–Crippen LogP) is -1.42. The van der Waals surface area contributed by atoms with Crippen LogP contribution >= 0.6 is 0 Å². The van der Waals surface area contributed by atoms with Crippen LogP contribution in [0, 0.1) is 0 Å². The summed E-state index contributed by atoms with van der Waals surface area (Å²) in [5, 5.41) is 0. The van der Waals surface area contributed by atoms with Crippen LogP contribution in [0.4, 0.5) is 0 Å². The first-order valence-corrected chi connectivity index (χ1v) is 1.73. The van der Waals surface area contributed by atoms with Crippen LogP contribution in [0.2, 0.25) is 0 Å². The van der Waals surface area contributed by atoms with Crippen molar-refractivity contribution in [1.82, 2.24) is 0 Å². The van der Waals surface area contributed by atoms with Crippen molar-refractivity contribution in [2.24, 2.45) is 0 Å². The minimum atomic E-state index is 0. The maximum atomic E-state index is 8.28. The van der Waals surface area contributed by atoms with Crippen molar-refractivity contribution in [3.05, 3.63) is 0 Å². The summed E-state index contributed by atoms with van der Waals surface area (Å²) in [4.78, 5) is 0. The molecule has 0 heterocycles. The molecule has 4 heavy (non-hydrogen) atoms. The molecular weight excluding hydrogens is 86.0 g/mol. The predicted molar refractivity (Wildman–Crippen MR) is 16.8 cm³/mol. The summed E-state index contributed by atoms with van der Waals surface area (Å²) in [7, 11) is 0. The standard InChI is InChI=1S/2Al.2O.2H/p+1. The van der Waals surface area contributed by atoms with Gasteiger partial charge in [-0.2, -0.15) is 0 Å². The average Bonchev–Trinajstić information content (AvgIpc) is 1.50. The summed E-state index contributed by atoms with van der Waals surface area (Å²) in [5.74, 6) is 0. The van der Waals surface area contributed by atoms with Crippen molar-refractivity contribution in [2.45, 2.75) is 0 Å². The van der Waals surface area contributed by atoms with Crippen LogP contribution in [0.15, 0.2) is 0 Å². The van der Waals surface area contributed by atoms with E-state index in [1.54, 1.807) is 0 Å². The third kappa shape index (κ3) is 16.7. The molecule has 0 bridgehead atoms. The van der Waals surface area contributed by atoms with Crippen LogP contribution in [0.1, 0.15) is 1.43 Å². The van der Waals surface area contributed by atoms with E-state index in [1.165, 1.54) is 0 Å². The number of rotatable bonds is 0. The molecule has 0 unspecified atom stereocenters. The van der Waals surface area contributed by atoms with Crippen molar-refractivity contribution in [3.63, 3.8) is 0 Å². The van der Waals surface area contributed by atoms with E-state index in [9.17, 15) is 0 Å². The second-order valence-electron chi connectivity index (χ2n) is 0. The Morgan fingerprint density at radius 3 is 1.00 bits per heavy atom. The molecule has 2 nitrogen and oxygen atoms in total. The molecule has 4 heteroatoms. The zero-order valence-corrected chi connectivity index (χ0v) is 5.06. The van der Waals surface area contributed by atoms with Gasteiger partial charge in [-0.1, -0.05) is 0 Å². The molecule has 0 fully saturated rings. The number of hydrogen-bond donors (Lipinski definition) is 0. The second kappa shape index (κ2) is 58.9. The van der Waals surface area contributed by atoms with E-state index in [0.717, 1.165) is 0 Å². The van der Waals surface area contributed by atoms with E-state index in [-0.39, 0.29) is 1.43 Å². The minimum absolute atomic E-state index is 0. The Labute approximate surface area is 41.9 Å². The van der Waals surface area contributed by atoms with Crippen molar-refractivity contribution < 1.29 is 9.03 Å². The molecule has 0 atom stereocenters. The Bertz CT molecular complexity index is 9.61. The van der Waals surface area contributed by atoms with Gasteiger partial charge in [0.05, 0.1) is 0 Å². The molecule has 0 aromatic carbocycles. The van der Waals surface area contributed by atoms with Gasteiger partial charge in [-0.05, 0) is 0 Å². The van der Waals surface area contributed by atoms with Crippen LogP contribution in [0.5, 0.6) is 0 Å². The topological polar surface area (TPSA) is 34.1 Å². The quantitative estimate of drug-likeness (QED) is 0.341. The van der Waals surface area contributed by atoms with Crippen LogP contribution in [-0.4, -0.2) is 32.4 Å². The normalized spacial score (nSPS) is 1.50. The third-order valence-corrected chi connectivity index (χ3v) is 0. The molecule has 20 valence electrons. The molecule has 0 saturated carbocycles. The van der Waals surface area contributed by atoms with Gasteiger partial charge >= 0.3 is 41.5 Å². The second-order valence-corrected chi connectivity index (χ2v) is 0. The van der Waals surface area contributed by atoms with Gasteiger partial charge in [0.25, 0.3) is 0 Å². The zero-order valence-electron chi connectivity index (χ0n) is 3.23. The van der Waals surface area contributed by atoms with Gasteiger partial charge in [-0.3, -0.25) is 0 Å². The van der Waals surface area contributed by atoms with Crippen LogP contribution < -0.4 is 0 Å². The summed E-state index contributed by atoms with van der Waals surface area (Å²) in [6.45, 7) is 0. The molecule has 0 aliphatic heterocycles. The Kier molecular flexibility index (Phi) is 130. The van der Waals surface area contributed by atoms with E-state index in [2.05, 4.69) is 0 Å². The third-order valence-electron chi connectivity index (χ3n) is 0. The Morgan fingerprint density at radius 1 is 1.00 bits per heavy atom. The van der Waals surface area contributed by atoms with Gasteiger partial charge in [0, 0.05) is 0 Å². The molecule has 0 aromatic rings. The average molecular weight is 89.0 g/mol. The first kappa shape index (κ1) is 8.82. The SMILES string of the molecule is [H+].[O]=[AlH].[O]=[AlH]. The van der Waals surface area contributed by atoms with Crippen molar-refractivity contribution in [2.75, 3.05) is 0 Å². The van der Waals surface area contributed by atoms with Gasteiger partial charge in [-0.25, -0.2) is 0 Å². The molecule has 0 aliphatic carbocycles. The molecular formula is H3Al2O2+. The van der Waals surface area contributed by atoms with Gasteiger partial charge in [0.2, 0.25) is 0 Å². The fraction of sp³-hybridized carbons (Fsp3) is 0. The van der Waals surface area contributed by atoms with Gasteiger partial charge in [0.15, 0.2) is 0 Å². The van der Waals surface area contributed by atoms with E-state index in [0.29, 0.717) is 32.4 Å². The van der Waals surface area contributed by atoms with E-state index >= 15 is 0 Å². The molecule has 0 N–H and O–H groups in total. The Balaban J connectivity index is -0.0000000133. The van der Waals surface area contributed by atoms with Crippen LogP contribution in [-0.2, 0) is 7.61 Å². The first-order valence-electron chi connectivity index (χ1n) is 0.577.